The summed E-state index contributed by atoms with van der Waals surface area (Å²) in [4.78, 5) is 13.9. The van der Waals surface area contributed by atoms with Crippen LogP contribution in [0.15, 0.2) is 24.3 Å². The van der Waals surface area contributed by atoms with Gasteiger partial charge in [0, 0.05) is 19.6 Å². The van der Waals surface area contributed by atoms with Crippen molar-refractivity contribution in [2.75, 3.05) is 26.2 Å². The lowest BCUT2D eigenvalue weighted by molar-refractivity contribution is 0.0996. The number of para-hydroxylation sites is 1. The Morgan fingerprint density at radius 3 is 2.67 bits per heavy atom. The summed E-state index contributed by atoms with van der Waals surface area (Å²) in [5.74, 6) is 2.06. The van der Waals surface area contributed by atoms with E-state index in [2.05, 4.69) is 4.90 Å². The zero-order chi connectivity index (χ0) is 14.7. The van der Waals surface area contributed by atoms with Crippen LogP contribution in [0.4, 0.5) is 0 Å². The summed E-state index contributed by atoms with van der Waals surface area (Å²) in [6.45, 7) is 4.26. The predicted octanol–water partition coefficient (Wildman–Crippen LogP) is 2.29. The molecule has 2 unspecified atom stereocenters. The molecule has 4 heteroatoms. The number of nitrogens with zero attached hydrogens (tertiary/aromatic N) is 1. The summed E-state index contributed by atoms with van der Waals surface area (Å²) in [7, 11) is 0. The average molecular weight is 288 g/mol. The van der Waals surface area contributed by atoms with Crippen LogP contribution in [0.25, 0.3) is 0 Å². The molecule has 2 N–H and O–H groups in total. The number of benzene rings is 1. The maximum absolute atomic E-state index is 11.3. The Labute approximate surface area is 126 Å². The third-order valence-corrected chi connectivity index (χ3v) is 4.83. The van der Waals surface area contributed by atoms with Gasteiger partial charge in [-0.15, -0.1) is 0 Å². The van der Waals surface area contributed by atoms with Crippen LogP contribution in [-0.2, 0) is 0 Å². The summed E-state index contributed by atoms with van der Waals surface area (Å²) in [6, 6.07) is 7.18. The van der Waals surface area contributed by atoms with E-state index in [-0.39, 0.29) is 0 Å². The molecule has 1 saturated carbocycles. The van der Waals surface area contributed by atoms with Gasteiger partial charge >= 0.3 is 0 Å². The lowest BCUT2D eigenvalue weighted by Gasteiger charge is -2.17. The number of nitrogens with two attached hydrogens (primary N) is 1. The molecule has 1 heterocycles. The molecule has 4 nitrogen and oxygen atoms in total. The Morgan fingerprint density at radius 1 is 1.24 bits per heavy atom. The Hall–Kier alpha value is -1.55. The summed E-state index contributed by atoms with van der Waals surface area (Å²) >= 11 is 0. The van der Waals surface area contributed by atoms with Crippen molar-refractivity contribution in [3.8, 4) is 5.75 Å². The van der Waals surface area contributed by atoms with E-state index in [0.29, 0.717) is 17.9 Å². The molecule has 0 spiro atoms. The van der Waals surface area contributed by atoms with Gasteiger partial charge in [-0.2, -0.15) is 0 Å². The number of hydrogen-bond acceptors (Lipinski definition) is 3. The second-order valence-corrected chi connectivity index (χ2v) is 6.27. The van der Waals surface area contributed by atoms with Crippen molar-refractivity contribution in [1.29, 1.82) is 0 Å². The first kappa shape index (κ1) is 14.4. The highest BCUT2D eigenvalue weighted by molar-refractivity contribution is 5.95. The fourth-order valence-electron chi connectivity index (χ4n) is 3.78. The number of amides is 1. The molecule has 2 atom stereocenters. The second-order valence-electron chi connectivity index (χ2n) is 6.27. The predicted molar refractivity (Wildman–Crippen MR) is 82.3 cm³/mol. The number of rotatable bonds is 6. The van der Waals surface area contributed by atoms with E-state index in [4.69, 9.17) is 10.5 Å². The van der Waals surface area contributed by atoms with E-state index in [9.17, 15) is 4.79 Å². The first-order valence-electron chi connectivity index (χ1n) is 7.98. The lowest BCUT2D eigenvalue weighted by atomic mass is 10.0. The van der Waals surface area contributed by atoms with E-state index < -0.39 is 5.91 Å². The maximum atomic E-state index is 11.3. The van der Waals surface area contributed by atoms with E-state index in [1.165, 1.54) is 32.4 Å². The SMILES string of the molecule is NC(=O)c1ccccc1OCCCN1CC2CCCC2C1. The highest BCUT2D eigenvalue weighted by Gasteiger charge is 2.35. The Bertz CT molecular complexity index is 491. The van der Waals surface area contributed by atoms with Crippen molar-refractivity contribution >= 4 is 5.91 Å². The molecule has 3 rings (SSSR count). The molecule has 1 aromatic rings. The normalized spacial score (nSPS) is 25.0. The first-order valence-corrected chi connectivity index (χ1v) is 7.98. The molecule has 0 aromatic heterocycles. The molecular formula is C17H24N2O2. The number of primary amides is 1. The van der Waals surface area contributed by atoms with E-state index >= 15 is 0 Å². The van der Waals surface area contributed by atoms with Crippen molar-refractivity contribution < 1.29 is 9.53 Å². The van der Waals surface area contributed by atoms with E-state index in [0.717, 1.165) is 24.8 Å². The van der Waals surface area contributed by atoms with Crippen LogP contribution < -0.4 is 10.5 Å². The van der Waals surface area contributed by atoms with E-state index in [1.807, 2.05) is 6.07 Å². The largest absolute Gasteiger partial charge is 0.493 e. The summed E-state index contributed by atoms with van der Waals surface area (Å²) < 4.78 is 5.72. The van der Waals surface area contributed by atoms with Crippen LogP contribution in [-0.4, -0.2) is 37.0 Å². The third kappa shape index (κ3) is 3.38. The number of fused-ring (bicyclic) bond motifs is 1. The highest BCUT2D eigenvalue weighted by Crippen LogP contribution is 2.37. The van der Waals surface area contributed by atoms with Gasteiger partial charge in [-0.3, -0.25) is 4.79 Å². The number of hydrogen-bond donors (Lipinski definition) is 1. The molecule has 0 radical (unpaired) electrons. The van der Waals surface area contributed by atoms with Gasteiger partial charge in [0.1, 0.15) is 5.75 Å². The minimum absolute atomic E-state index is 0.432. The van der Waals surface area contributed by atoms with Crippen LogP contribution in [0, 0.1) is 11.8 Å². The number of carbonyl (C=O) groups excluding carboxylic acids is 1. The van der Waals surface area contributed by atoms with Crippen LogP contribution in [0.3, 0.4) is 0 Å². The van der Waals surface area contributed by atoms with Gasteiger partial charge in [-0.1, -0.05) is 18.6 Å². The Kier molecular flexibility index (Phi) is 4.44. The van der Waals surface area contributed by atoms with Gasteiger partial charge in [0.25, 0.3) is 5.91 Å². The Balaban J connectivity index is 1.42. The maximum Gasteiger partial charge on any atom is 0.252 e. The Morgan fingerprint density at radius 2 is 1.95 bits per heavy atom. The minimum Gasteiger partial charge on any atom is -0.493 e. The van der Waals surface area contributed by atoms with Crippen LogP contribution in [0.5, 0.6) is 5.75 Å². The fraction of sp³-hybridized carbons (Fsp3) is 0.588. The van der Waals surface area contributed by atoms with Crippen molar-refractivity contribution in [2.24, 2.45) is 17.6 Å². The van der Waals surface area contributed by atoms with Crippen LogP contribution in [0.1, 0.15) is 36.0 Å². The topological polar surface area (TPSA) is 55.6 Å². The molecular weight excluding hydrogens is 264 g/mol. The van der Waals surface area contributed by atoms with Gasteiger partial charge in [0.05, 0.1) is 12.2 Å². The first-order chi connectivity index (χ1) is 10.2. The lowest BCUT2D eigenvalue weighted by Crippen LogP contribution is -2.24. The standard InChI is InChI=1S/C17H24N2O2/c18-17(20)15-7-1-2-8-16(15)21-10-4-9-19-11-13-5-3-6-14(13)12-19/h1-2,7-8,13-14H,3-6,9-12H2,(H2,18,20). The molecule has 1 aliphatic carbocycles. The zero-order valence-electron chi connectivity index (χ0n) is 12.5. The number of ether oxygens (including phenoxy) is 1. The van der Waals surface area contributed by atoms with Crippen molar-refractivity contribution in [3.05, 3.63) is 29.8 Å². The number of carbonyl (C=O) groups is 1. The van der Waals surface area contributed by atoms with Crippen LogP contribution >= 0.6 is 0 Å². The monoisotopic (exact) mass is 288 g/mol. The summed E-state index contributed by atoms with van der Waals surface area (Å²) in [5, 5.41) is 0. The summed E-state index contributed by atoms with van der Waals surface area (Å²) in [6.07, 6.45) is 5.26. The third-order valence-electron chi connectivity index (χ3n) is 4.83. The molecule has 114 valence electrons. The minimum atomic E-state index is -0.432. The molecule has 0 bridgehead atoms. The van der Waals surface area contributed by atoms with Crippen molar-refractivity contribution in [1.82, 2.24) is 4.90 Å². The van der Waals surface area contributed by atoms with Gasteiger partial charge < -0.3 is 15.4 Å². The van der Waals surface area contributed by atoms with Crippen molar-refractivity contribution in [2.45, 2.75) is 25.7 Å². The highest BCUT2D eigenvalue weighted by atomic mass is 16.5. The second kappa shape index (κ2) is 6.48. The van der Waals surface area contributed by atoms with Gasteiger partial charge in [-0.25, -0.2) is 0 Å². The average Bonchev–Trinajstić information content (AvgIpc) is 3.05. The van der Waals surface area contributed by atoms with Gasteiger partial charge in [0.2, 0.25) is 0 Å². The van der Waals surface area contributed by atoms with Gasteiger partial charge in [0.15, 0.2) is 0 Å². The quantitative estimate of drug-likeness (QED) is 0.817. The molecule has 1 aliphatic heterocycles. The molecule has 1 saturated heterocycles. The molecule has 2 fully saturated rings. The smallest absolute Gasteiger partial charge is 0.252 e. The molecule has 21 heavy (non-hydrogen) atoms. The van der Waals surface area contributed by atoms with Crippen LogP contribution in [0.2, 0.25) is 0 Å². The fourth-order valence-corrected chi connectivity index (χ4v) is 3.78. The molecule has 1 amide bonds. The van der Waals surface area contributed by atoms with Crippen molar-refractivity contribution in [3.63, 3.8) is 0 Å². The molecule has 1 aromatic carbocycles. The zero-order valence-corrected chi connectivity index (χ0v) is 12.5. The summed E-state index contributed by atoms with van der Waals surface area (Å²) in [5.41, 5.74) is 5.81. The molecule has 2 aliphatic rings. The van der Waals surface area contributed by atoms with Gasteiger partial charge in [-0.05, 0) is 43.2 Å². The number of likely N-dealkylation sites (tertiary alicyclic amines) is 1. The van der Waals surface area contributed by atoms with E-state index in [1.54, 1.807) is 18.2 Å².